The molecule has 0 unspecified atom stereocenters. The van der Waals surface area contributed by atoms with Gasteiger partial charge >= 0.3 is 6.09 Å². The first-order chi connectivity index (χ1) is 12.4. The van der Waals surface area contributed by atoms with Gasteiger partial charge in [0.25, 0.3) is 5.91 Å². The Morgan fingerprint density at radius 1 is 1.23 bits per heavy atom. The van der Waals surface area contributed by atoms with Gasteiger partial charge in [0.1, 0.15) is 5.60 Å². The van der Waals surface area contributed by atoms with E-state index in [0.29, 0.717) is 39.0 Å². The van der Waals surface area contributed by atoms with E-state index in [9.17, 15) is 9.59 Å². The van der Waals surface area contributed by atoms with E-state index in [-0.39, 0.29) is 12.0 Å². The molecule has 7 heteroatoms. The lowest BCUT2D eigenvalue weighted by molar-refractivity contribution is 0.00313. The lowest BCUT2D eigenvalue weighted by Crippen LogP contribution is -2.49. The Labute approximate surface area is 159 Å². The maximum absolute atomic E-state index is 12.7. The van der Waals surface area contributed by atoms with Crippen LogP contribution in [-0.4, -0.2) is 85.4 Å². The van der Waals surface area contributed by atoms with E-state index in [1.165, 1.54) is 0 Å². The number of likely N-dealkylation sites (N-methyl/N-ethyl adjacent to an activating group) is 1. The van der Waals surface area contributed by atoms with Crippen molar-refractivity contribution in [2.45, 2.75) is 23.3 Å². The molecule has 6 nitrogen and oxygen atoms in total. The van der Waals surface area contributed by atoms with Crippen LogP contribution in [0.4, 0.5) is 4.79 Å². The number of amides is 2. The maximum atomic E-state index is 12.7. The summed E-state index contributed by atoms with van der Waals surface area (Å²) in [6.07, 6.45) is 3.20. The van der Waals surface area contributed by atoms with Crippen molar-refractivity contribution < 1.29 is 14.3 Å². The summed E-state index contributed by atoms with van der Waals surface area (Å²) in [6.45, 7) is 3.37. The Morgan fingerprint density at radius 3 is 2.46 bits per heavy atom. The Balaban J connectivity index is 1.56. The molecule has 2 aliphatic rings. The molecule has 2 fully saturated rings. The number of benzene rings is 1. The van der Waals surface area contributed by atoms with Crippen LogP contribution in [0.15, 0.2) is 29.2 Å². The molecule has 2 aliphatic heterocycles. The van der Waals surface area contributed by atoms with Crippen LogP contribution in [0.25, 0.3) is 0 Å². The van der Waals surface area contributed by atoms with Crippen molar-refractivity contribution in [3.8, 4) is 0 Å². The van der Waals surface area contributed by atoms with Gasteiger partial charge in [-0.3, -0.25) is 4.79 Å². The van der Waals surface area contributed by atoms with E-state index in [2.05, 4.69) is 4.90 Å². The normalized spacial score (nSPS) is 19.3. The van der Waals surface area contributed by atoms with Crippen molar-refractivity contribution in [3.05, 3.63) is 29.8 Å². The first-order valence-electron chi connectivity index (χ1n) is 8.98. The van der Waals surface area contributed by atoms with E-state index in [1.807, 2.05) is 49.5 Å². The minimum Gasteiger partial charge on any atom is -0.441 e. The number of carbonyl (C=O) groups excluding carboxylic acids is 2. The standard InChI is InChI=1S/C19H27N3O3S/c1-20(2)12-13-22-14-19(25-18(22)24)8-10-21(11-9-19)17(23)15-4-6-16(26-3)7-5-15/h4-7H,8-14H2,1-3H3. The number of hydrogen-bond donors (Lipinski definition) is 0. The van der Waals surface area contributed by atoms with Crippen LogP contribution in [-0.2, 0) is 4.74 Å². The molecular weight excluding hydrogens is 350 g/mol. The number of piperidine rings is 1. The van der Waals surface area contributed by atoms with Crippen molar-refractivity contribution in [1.82, 2.24) is 14.7 Å². The smallest absolute Gasteiger partial charge is 0.410 e. The van der Waals surface area contributed by atoms with Crippen molar-refractivity contribution in [1.29, 1.82) is 0 Å². The van der Waals surface area contributed by atoms with Crippen LogP contribution < -0.4 is 0 Å². The van der Waals surface area contributed by atoms with Gasteiger partial charge in [-0.1, -0.05) is 0 Å². The Bertz CT molecular complexity index is 654. The molecule has 1 aromatic carbocycles. The number of nitrogens with zero attached hydrogens (tertiary/aromatic N) is 3. The van der Waals surface area contributed by atoms with Crippen LogP contribution in [0.2, 0.25) is 0 Å². The third-order valence-electron chi connectivity index (χ3n) is 5.16. The molecule has 2 heterocycles. The third-order valence-corrected chi connectivity index (χ3v) is 5.90. The van der Waals surface area contributed by atoms with Gasteiger partial charge in [0.15, 0.2) is 0 Å². The van der Waals surface area contributed by atoms with E-state index in [0.717, 1.165) is 17.0 Å². The number of thioether (sulfide) groups is 1. The van der Waals surface area contributed by atoms with Gasteiger partial charge in [-0.15, -0.1) is 11.8 Å². The molecule has 0 N–H and O–H groups in total. The zero-order valence-corrected chi connectivity index (χ0v) is 16.6. The Kier molecular flexibility index (Phi) is 5.77. The number of carbonyl (C=O) groups is 2. The summed E-state index contributed by atoms with van der Waals surface area (Å²) in [6, 6.07) is 7.73. The topological polar surface area (TPSA) is 53.1 Å². The lowest BCUT2D eigenvalue weighted by atomic mass is 9.91. The summed E-state index contributed by atoms with van der Waals surface area (Å²) in [5.74, 6) is 0.0568. The minimum atomic E-state index is -0.428. The highest BCUT2D eigenvalue weighted by molar-refractivity contribution is 7.98. The molecule has 0 radical (unpaired) electrons. The van der Waals surface area contributed by atoms with E-state index in [1.54, 1.807) is 16.7 Å². The summed E-state index contributed by atoms with van der Waals surface area (Å²) in [5.41, 5.74) is 0.290. The van der Waals surface area contributed by atoms with Crippen molar-refractivity contribution in [2.75, 3.05) is 53.1 Å². The maximum Gasteiger partial charge on any atom is 0.410 e. The minimum absolute atomic E-state index is 0.0568. The summed E-state index contributed by atoms with van der Waals surface area (Å²) < 4.78 is 5.73. The molecule has 0 aliphatic carbocycles. The molecule has 142 valence electrons. The highest BCUT2D eigenvalue weighted by atomic mass is 32.2. The number of hydrogen-bond acceptors (Lipinski definition) is 5. The van der Waals surface area contributed by atoms with Crippen LogP contribution in [0.3, 0.4) is 0 Å². The second-order valence-corrected chi connectivity index (χ2v) is 8.18. The zero-order chi connectivity index (χ0) is 18.7. The molecular formula is C19H27N3O3S. The molecule has 26 heavy (non-hydrogen) atoms. The second-order valence-electron chi connectivity index (χ2n) is 7.30. The average Bonchev–Trinajstić information content (AvgIpc) is 2.95. The molecule has 1 spiro atoms. The molecule has 0 saturated carbocycles. The first-order valence-corrected chi connectivity index (χ1v) is 10.2. The highest BCUT2D eigenvalue weighted by Gasteiger charge is 2.47. The van der Waals surface area contributed by atoms with Gasteiger partial charge in [0.2, 0.25) is 0 Å². The fourth-order valence-corrected chi connectivity index (χ4v) is 3.89. The molecule has 1 aromatic rings. The van der Waals surface area contributed by atoms with Gasteiger partial charge < -0.3 is 19.4 Å². The summed E-state index contributed by atoms with van der Waals surface area (Å²) in [4.78, 5) is 31.7. The van der Waals surface area contributed by atoms with Gasteiger partial charge in [-0.2, -0.15) is 0 Å². The van der Waals surface area contributed by atoms with Gasteiger partial charge in [-0.25, -0.2) is 4.79 Å². The third kappa shape index (κ3) is 4.15. The lowest BCUT2D eigenvalue weighted by Gasteiger charge is -2.37. The number of ether oxygens (including phenoxy) is 1. The highest BCUT2D eigenvalue weighted by Crippen LogP contribution is 2.33. The predicted molar refractivity (Wildman–Crippen MR) is 103 cm³/mol. The molecule has 0 atom stereocenters. The van der Waals surface area contributed by atoms with Crippen molar-refractivity contribution >= 4 is 23.8 Å². The monoisotopic (exact) mass is 377 g/mol. The van der Waals surface area contributed by atoms with Crippen LogP contribution >= 0.6 is 11.8 Å². The fourth-order valence-electron chi connectivity index (χ4n) is 3.48. The van der Waals surface area contributed by atoms with Crippen LogP contribution in [0.1, 0.15) is 23.2 Å². The number of rotatable bonds is 5. The molecule has 2 saturated heterocycles. The van der Waals surface area contributed by atoms with Crippen LogP contribution in [0.5, 0.6) is 0 Å². The quantitative estimate of drug-likeness (QED) is 0.738. The van der Waals surface area contributed by atoms with E-state index in [4.69, 9.17) is 4.74 Å². The van der Waals surface area contributed by atoms with Crippen molar-refractivity contribution in [3.63, 3.8) is 0 Å². The van der Waals surface area contributed by atoms with Gasteiger partial charge in [-0.05, 0) is 44.6 Å². The van der Waals surface area contributed by atoms with Gasteiger partial charge in [0, 0.05) is 49.5 Å². The Morgan fingerprint density at radius 2 is 1.88 bits per heavy atom. The number of likely N-dealkylation sites (tertiary alicyclic amines) is 1. The average molecular weight is 378 g/mol. The second kappa shape index (κ2) is 7.88. The van der Waals surface area contributed by atoms with E-state index < -0.39 is 5.60 Å². The predicted octanol–water partition coefficient (Wildman–Crippen LogP) is 2.40. The summed E-state index contributed by atoms with van der Waals surface area (Å²) in [5, 5.41) is 0. The largest absolute Gasteiger partial charge is 0.441 e. The summed E-state index contributed by atoms with van der Waals surface area (Å²) >= 11 is 1.66. The Hall–Kier alpha value is -1.73. The van der Waals surface area contributed by atoms with Crippen LogP contribution in [0, 0.1) is 0 Å². The zero-order valence-electron chi connectivity index (χ0n) is 15.7. The fraction of sp³-hybridized carbons (Fsp3) is 0.579. The van der Waals surface area contributed by atoms with Gasteiger partial charge in [0.05, 0.1) is 6.54 Å². The molecule has 3 rings (SSSR count). The molecule has 2 amide bonds. The molecule has 0 aromatic heterocycles. The van der Waals surface area contributed by atoms with Crippen molar-refractivity contribution in [2.24, 2.45) is 0 Å². The summed E-state index contributed by atoms with van der Waals surface area (Å²) in [7, 11) is 3.99. The molecule has 0 bridgehead atoms. The van der Waals surface area contributed by atoms with E-state index >= 15 is 0 Å². The first kappa shape index (κ1) is 19.0. The SMILES string of the molecule is CSc1ccc(C(=O)N2CCC3(CC2)CN(CCN(C)C)C(=O)O3)cc1.